The third-order valence-electron chi connectivity index (χ3n) is 3.76. The predicted octanol–water partition coefficient (Wildman–Crippen LogP) is 1.29. The molecular formula is C12H19NO4S. The fourth-order valence-electron chi connectivity index (χ4n) is 2.49. The normalized spacial score (nSPS) is 31.9. The van der Waals surface area contributed by atoms with Crippen LogP contribution in [0.4, 0.5) is 0 Å². The van der Waals surface area contributed by atoms with E-state index in [9.17, 15) is 18.5 Å². The van der Waals surface area contributed by atoms with Crippen molar-refractivity contribution < 1.29 is 17.9 Å². The summed E-state index contributed by atoms with van der Waals surface area (Å²) in [6.45, 7) is 5.19. The molecule has 0 heterocycles. The lowest BCUT2D eigenvalue weighted by Crippen LogP contribution is -2.34. The lowest BCUT2D eigenvalue weighted by atomic mass is 9.80. The number of carbonyl (C=O) groups excluding carboxylic acids is 1. The van der Waals surface area contributed by atoms with Gasteiger partial charge in [0.1, 0.15) is 0 Å². The van der Waals surface area contributed by atoms with Gasteiger partial charge in [-0.3, -0.25) is 4.79 Å². The van der Waals surface area contributed by atoms with E-state index in [1.807, 2.05) is 6.07 Å². The van der Waals surface area contributed by atoms with Crippen molar-refractivity contribution in [1.82, 2.24) is 0 Å². The molecule has 0 N–H and O–H groups in total. The van der Waals surface area contributed by atoms with E-state index < -0.39 is 26.5 Å². The first-order chi connectivity index (χ1) is 8.34. The summed E-state index contributed by atoms with van der Waals surface area (Å²) in [6, 6.07) is 2.00. The van der Waals surface area contributed by atoms with Gasteiger partial charge < -0.3 is 4.74 Å². The topological polar surface area (TPSA) is 84.2 Å². The van der Waals surface area contributed by atoms with E-state index in [0.717, 1.165) is 0 Å². The van der Waals surface area contributed by atoms with E-state index in [1.54, 1.807) is 20.8 Å². The lowest BCUT2D eigenvalue weighted by Gasteiger charge is -2.22. The number of nitrogens with zero attached hydrogens (tertiary/aromatic N) is 1. The van der Waals surface area contributed by atoms with Crippen LogP contribution in [0.5, 0.6) is 0 Å². The Labute approximate surface area is 108 Å². The average molecular weight is 273 g/mol. The SMILES string of the molecule is CCOC(=O)[C@]1(C#N)C[C@@H](S(=O)(=O)CC)C[C@@H]1C. The Hall–Kier alpha value is -1.09. The summed E-state index contributed by atoms with van der Waals surface area (Å²) in [5, 5.41) is 8.68. The Morgan fingerprint density at radius 2 is 2.11 bits per heavy atom. The predicted molar refractivity (Wildman–Crippen MR) is 66.3 cm³/mol. The molecule has 1 fully saturated rings. The molecule has 0 radical (unpaired) electrons. The molecule has 0 bridgehead atoms. The van der Waals surface area contributed by atoms with Crippen LogP contribution in [0.25, 0.3) is 0 Å². The van der Waals surface area contributed by atoms with Crippen molar-refractivity contribution in [2.24, 2.45) is 11.3 Å². The maximum Gasteiger partial charge on any atom is 0.326 e. The van der Waals surface area contributed by atoms with Gasteiger partial charge in [-0.2, -0.15) is 5.26 Å². The van der Waals surface area contributed by atoms with E-state index >= 15 is 0 Å². The summed E-state index contributed by atoms with van der Waals surface area (Å²) >= 11 is 0. The highest BCUT2D eigenvalue weighted by Gasteiger charge is 2.55. The monoisotopic (exact) mass is 273 g/mol. The molecule has 1 aliphatic rings. The number of hydrogen-bond donors (Lipinski definition) is 0. The third kappa shape index (κ3) is 2.37. The van der Waals surface area contributed by atoms with Crippen LogP contribution in [-0.2, 0) is 19.4 Å². The van der Waals surface area contributed by atoms with Crippen LogP contribution in [0, 0.1) is 22.7 Å². The van der Waals surface area contributed by atoms with E-state index in [-0.39, 0.29) is 24.7 Å². The fraction of sp³-hybridized carbons (Fsp3) is 0.833. The number of carbonyl (C=O) groups is 1. The van der Waals surface area contributed by atoms with Gasteiger partial charge in [0, 0.05) is 5.75 Å². The van der Waals surface area contributed by atoms with Crippen LogP contribution >= 0.6 is 0 Å². The molecule has 0 unspecified atom stereocenters. The van der Waals surface area contributed by atoms with Crippen LogP contribution in [-0.4, -0.2) is 32.0 Å². The lowest BCUT2D eigenvalue weighted by molar-refractivity contribution is -0.153. The van der Waals surface area contributed by atoms with Gasteiger partial charge in [-0.1, -0.05) is 13.8 Å². The smallest absolute Gasteiger partial charge is 0.326 e. The molecule has 1 aliphatic carbocycles. The molecule has 1 saturated carbocycles. The van der Waals surface area contributed by atoms with Crippen LogP contribution in [0.15, 0.2) is 0 Å². The second-order valence-corrected chi connectivity index (χ2v) is 7.29. The number of esters is 1. The molecule has 0 aromatic carbocycles. The van der Waals surface area contributed by atoms with Gasteiger partial charge in [0.05, 0.1) is 17.9 Å². The highest BCUT2D eigenvalue weighted by molar-refractivity contribution is 7.92. The van der Waals surface area contributed by atoms with Gasteiger partial charge in [0.25, 0.3) is 0 Å². The first-order valence-corrected chi connectivity index (χ1v) is 7.85. The zero-order valence-corrected chi connectivity index (χ0v) is 11.8. The Kier molecular flexibility index (Phi) is 4.38. The van der Waals surface area contributed by atoms with Crippen molar-refractivity contribution >= 4 is 15.8 Å². The van der Waals surface area contributed by atoms with Gasteiger partial charge >= 0.3 is 5.97 Å². The Morgan fingerprint density at radius 1 is 1.50 bits per heavy atom. The summed E-state index contributed by atoms with van der Waals surface area (Å²) in [6.07, 6.45) is 0.405. The summed E-state index contributed by atoms with van der Waals surface area (Å²) in [5.74, 6) is -0.851. The molecule has 0 amide bonds. The largest absolute Gasteiger partial charge is 0.465 e. The van der Waals surface area contributed by atoms with E-state index in [0.29, 0.717) is 6.42 Å². The number of ether oxygens (including phenoxy) is 1. The standard InChI is InChI=1S/C12H19NO4S/c1-4-17-11(14)12(8-13)7-10(6-9(12)3)18(15,16)5-2/h9-10H,4-7H2,1-3H3/t9-,10-,12-/m0/s1. The molecule has 0 aromatic rings. The van der Waals surface area contributed by atoms with Crippen molar-refractivity contribution in [1.29, 1.82) is 5.26 Å². The van der Waals surface area contributed by atoms with Crippen molar-refractivity contribution in [3.05, 3.63) is 0 Å². The summed E-state index contributed by atoms with van der Waals surface area (Å²) in [7, 11) is -3.22. The molecule has 6 heteroatoms. The molecule has 5 nitrogen and oxygen atoms in total. The third-order valence-corrected chi connectivity index (χ3v) is 5.94. The van der Waals surface area contributed by atoms with Crippen molar-refractivity contribution in [3.8, 4) is 6.07 Å². The van der Waals surface area contributed by atoms with Gasteiger partial charge in [-0.05, 0) is 25.7 Å². The fourth-order valence-corrected chi connectivity index (χ4v) is 4.06. The van der Waals surface area contributed by atoms with Gasteiger partial charge in [-0.15, -0.1) is 0 Å². The first kappa shape index (κ1) is 15.0. The molecular weight excluding hydrogens is 254 g/mol. The van der Waals surface area contributed by atoms with Gasteiger partial charge in [0.15, 0.2) is 15.3 Å². The van der Waals surface area contributed by atoms with Crippen LogP contribution in [0.2, 0.25) is 0 Å². The first-order valence-electron chi connectivity index (χ1n) is 6.14. The highest BCUT2D eigenvalue weighted by Crippen LogP contribution is 2.46. The van der Waals surface area contributed by atoms with Crippen LogP contribution in [0.1, 0.15) is 33.6 Å². The Balaban J connectivity index is 3.05. The molecule has 1 rings (SSSR count). The number of rotatable bonds is 4. The van der Waals surface area contributed by atoms with Crippen molar-refractivity contribution in [2.75, 3.05) is 12.4 Å². The maximum atomic E-state index is 11.9. The quantitative estimate of drug-likeness (QED) is 0.721. The number of nitriles is 1. The van der Waals surface area contributed by atoms with Gasteiger partial charge in [0.2, 0.25) is 0 Å². The van der Waals surface area contributed by atoms with Gasteiger partial charge in [-0.25, -0.2) is 8.42 Å². The molecule has 0 spiro atoms. The van der Waals surface area contributed by atoms with Crippen molar-refractivity contribution in [2.45, 2.75) is 38.9 Å². The minimum Gasteiger partial charge on any atom is -0.465 e. The zero-order chi connectivity index (χ0) is 14.0. The second-order valence-electron chi connectivity index (χ2n) is 4.72. The summed E-state index contributed by atoms with van der Waals surface area (Å²) in [5.41, 5.74) is -1.30. The maximum absolute atomic E-state index is 11.9. The van der Waals surface area contributed by atoms with E-state index in [4.69, 9.17) is 4.74 Å². The van der Waals surface area contributed by atoms with E-state index in [2.05, 4.69) is 0 Å². The average Bonchev–Trinajstić information content (AvgIpc) is 2.68. The molecule has 102 valence electrons. The second kappa shape index (κ2) is 5.27. The Morgan fingerprint density at radius 3 is 2.56 bits per heavy atom. The van der Waals surface area contributed by atoms with Crippen molar-refractivity contribution in [3.63, 3.8) is 0 Å². The zero-order valence-electron chi connectivity index (χ0n) is 11.0. The summed E-state index contributed by atoms with van der Waals surface area (Å²) in [4.78, 5) is 11.9. The molecule has 3 atom stereocenters. The van der Waals surface area contributed by atoms with Crippen LogP contribution < -0.4 is 0 Å². The molecule has 0 aromatic heterocycles. The van der Waals surface area contributed by atoms with Crippen LogP contribution in [0.3, 0.4) is 0 Å². The number of hydrogen-bond acceptors (Lipinski definition) is 5. The molecule has 0 aliphatic heterocycles. The van der Waals surface area contributed by atoms with E-state index in [1.165, 1.54) is 0 Å². The Bertz CT molecular complexity index is 465. The molecule has 18 heavy (non-hydrogen) atoms. The number of sulfone groups is 1. The molecule has 0 saturated heterocycles. The minimum atomic E-state index is -3.22. The minimum absolute atomic E-state index is 0.0364. The highest BCUT2D eigenvalue weighted by atomic mass is 32.2. The summed E-state index contributed by atoms with van der Waals surface area (Å²) < 4.78 is 28.7.